The van der Waals surface area contributed by atoms with Crippen molar-refractivity contribution >= 4 is 11.4 Å². The van der Waals surface area contributed by atoms with Crippen LogP contribution in [0, 0.1) is 5.82 Å². The number of nitrogen functional groups attached to an aromatic ring is 1. The molecule has 3 N–H and O–H groups in total. The number of rotatable bonds is 6. The van der Waals surface area contributed by atoms with Crippen LogP contribution in [0.1, 0.15) is 13.3 Å². The average molecular weight is 242 g/mol. The highest BCUT2D eigenvalue weighted by molar-refractivity contribution is 5.69. The van der Waals surface area contributed by atoms with E-state index in [0.29, 0.717) is 18.0 Å². The van der Waals surface area contributed by atoms with Gasteiger partial charge in [0.25, 0.3) is 0 Å². The Kier molecular flexibility index (Phi) is 5.03. The zero-order valence-corrected chi connectivity index (χ0v) is 10.4. The van der Waals surface area contributed by atoms with E-state index in [9.17, 15) is 4.39 Å². The number of nitrogens with two attached hydrogens (primary N) is 1. The van der Waals surface area contributed by atoms with Crippen LogP contribution in [0.3, 0.4) is 0 Å². The Morgan fingerprint density at radius 1 is 1.41 bits per heavy atom. The van der Waals surface area contributed by atoms with Crippen LogP contribution < -0.4 is 15.8 Å². The Morgan fingerprint density at radius 3 is 2.65 bits per heavy atom. The van der Waals surface area contributed by atoms with Crippen molar-refractivity contribution in [1.82, 2.24) is 0 Å². The molecule has 5 heteroatoms. The quantitative estimate of drug-likeness (QED) is 0.751. The first-order valence-corrected chi connectivity index (χ1v) is 5.50. The lowest BCUT2D eigenvalue weighted by Gasteiger charge is -2.19. The van der Waals surface area contributed by atoms with E-state index in [1.165, 1.54) is 13.2 Å². The summed E-state index contributed by atoms with van der Waals surface area (Å²) in [5, 5.41) is 3.20. The highest BCUT2D eigenvalue weighted by Crippen LogP contribution is 2.28. The van der Waals surface area contributed by atoms with Gasteiger partial charge in [-0.05, 0) is 6.42 Å². The topological polar surface area (TPSA) is 56.5 Å². The summed E-state index contributed by atoms with van der Waals surface area (Å²) in [4.78, 5) is 0. The van der Waals surface area contributed by atoms with Crippen molar-refractivity contribution < 1.29 is 13.9 Å². The fourth-order valence-corrected chi connectivity index (χ4v) is 1.53. The van der Waals surface area contributed by atoms with E-state index >= 15 is 0 Å². The Hall–Kier alpha value is -1.49. The number of hydrogen-bond acceptors (Lipinski definition) is 4. The molecule has 4 nitrogen and oxygen atoms in total. The Bertz CT molecular complexity index is 372. The van der Waals surface area contributed by atoms with E-state index in [-0.39, 0.29) is 11.8 Å². The molecule has 96 valence electrons. The maximum absolute atomic E-state index is 13.3. The number of methoxy groups -OCH3 is 2. The fraction of sp³-hybridized carbons (Fsp3) is 0.500. The SMILES string of the molecule is CCC(COC)Nc1cc(OC)c(F)cc1N. The summed E-state index contributed by atoms with van der Waals surface area (Å²) in [5.41, 5.74) is 6.76. The van der Waals surface area contributed by atoms with Gasteiger partial charge in [0.15, 0.2) is 11.6 Å². The van der Waals surface area contributed by atoms with Crippen molar-refractivity contribution in [3.05, 3.63) is 17.9 Å². The fourth-order valence-electron chi connectivity index (χ4n) is 1.53. The first-order chi connectivity index (χ1) is 8.12. The van der Waals surface area contributed by atoms with Gasteiger partial charge in [0, 0.05) is 25.3 Å². The van der Waals surface area contributed by atoms with Gasteiger partial charge < -0.3 is 20.5 Å². The smallest absolute Gasteiger partial charge is 0.167 e. The molecule has 0 spiro atoms. The Balaban J connectivity index is 2.89. The maximum atomic E-state index is 13.3. The van der Waals surface area contributed by atoms with Crippen LogP contribution >= 0.6 is 0 Å². The van der Waals surface area contributed by atoms with Crippen LogP contribution in [-0.4, -0.2) is 26.9 Å². The molecule has 0 fully saturated rings. The molecule has 17 heavy (non-hydrogen) atoms. The summed E-state index contributed by atoms with van der Waals surface area (Å²) < 4.78 is 23.3. The monoisotopic (exact) mass is 242 g/mol. The highest BCUT2D eigenvalue weighted by Gasteiger charge is 2.11. The van der Waals surface area contributed by atoms with Crippen LogP contribution in [-0.2, 0) is 4.74 Å². The van der Waals surface area contributed by atoms with Crippen molar-refractivity contribution in [2.24, 2.45) is 0 Å². The van der Waals surface area contributed by atoms with Crippen LogP contribution in [0.4, 0.5) is 15.8 Å². The van der Waals surface area contributed by atoms with E-state index in [4.69, 9.17) is 15.2 Å². The molecule has 1 aromatic rings. The van der Waals surface area contributed by atoms with E-state index in [0.717, 1.165) is 6.42 Å². The summed E-state index contributed by atoms with van der Waals surface area (Å²) in [7, 11) is 3.06. The summed E-state index contributed by atoms with van der Waals surface area (Å²) in [6, 6.07) is 2.95. The first-order valence-electron chi connectivity index (χ1n) is 5.50. The van der Waals surface area contributed by atoms with Gasteiger partial charge in [-0.25, -0.2) is 4.39 Å². The van der Waals surface area contributed by atoms with Gasteiger partial charge >= 0.3 is 0 Å². The highest BCUT2D eigenvalue weighted by atomic mass is 19.1. The summed E-state index contributed by atoms with van der Waals surface area (Å²) >= 11 is 0. The van der Waals surface area contributed by atoms with Gasteiger partial charge in [0.1, 0.15) is 0 Å². The van der Waals surface area contributed by atoms with Gasteiger partial charge in [-0.1, -0.05) is 6.92 Å². The lowest BCUT2D eigenvalue weighted by molar-refractivity contribution is 0.184. The number of ether oxygens (including phenoxy) is 2. The van der Waals surface area contributed by atoms with Gasteiger partial charge in [-0.3, -0.25) is 0 Å². The second-order valence-corrected chi connectivity index (χ2v) is 3.78. The number of halogens is 1. The molecule has 1 atom stereocenters. The third kappa shape index (κ3) is 3.49. The van der Waals surface area contributed by atoms with Gasteiger partial charge in [0.2, 0.25) is 0 Å². The summed E-state index contributed by atoms with van der Waals surface area (Å²) in [6.07, 6.45) is 0.882. The molecule has 0 aromatic heterocycles. The molecule has 0 aliphatic heterocycles. The minimum atomic E-state index is -0.463. The molecule has 0 amide bonds. The normalized spacial score (nSPS) is 12.2. The molecular weight excluding hydrogens is 223 g/mol. The van der Waals surface area contributed by atoms with E-state index in [1.54, 1.807) is 13.2 Å². The van der Waals surface area contributed by atoms with E-state index < -0.39 is 5.82 Å². The zero-order valence-electron chi connectivity index (χ0n) is 10.4. The summed E-state index contributed by atoms with van der Waals surface area (Å²) in [6.45, 7) is 2.60. The van der Waals surface area contributed by atoms with Crippen LogP contribution in [0.2, 0.25) is 0 Å². The molecule has 0 saturated carbocycles. The van der Waals surface area contributed by atoms with Gasteiger partial charge in [0.05, 0.1) is 25.1 Å². The molecular formula is C12H19FN2O2. The lowest BCUT2D eigenvalue weighted by atomic mass is 10.2. The Morgan fingerprint density at radius 2 is 2.12 bits per heavy atom. The minimum absolute atomic E-state index is 0.137. The van der Waals surface area contributed by atoms with Crippen LogP contribution in [0.15, 0.2) is 12.1 Å². The summed E-state index contributed by atoms with van der Waals surface area (Å²) in [5.74, 6) is -0.288. The predicted octanol–water partition coefficient (Wildman–Crippen LogP) is 2.25. The second kappa shape index (κ2) is 6.30. The van der Waals surface area contributed by atoms with Crippen LogP contribution in [0.25, 0.3) is 0 Å². The van der Waals surface area contributed by atoms with Crippen molar-refractivity contribution in [3.8, 4) is 5.75 Å². The molecule has 0 aliphatic rings. The largest absolute Gasteiger partial charge is 0.494 e. The molecule has 1 aromatic carbocycles. The number of hydrogen-bond donors (Lipinski definition) is 2. The lowest BCUT2D eigenvalue weighted by Crippen LogP contribution is -2.24. The van der Waals surface area contributed by atoms with Crippen LogP contribution in [0.5, 0.6) is 5.75 Å². The molecule has 1 unspecified atom stereocenters. The third-order valence-corrected chi connectivity index (χ3v) is 2.54. The van der Waals surface area contributed by atoms with Crippen molar-refractivity contribution in [2.75, 3.05) is 31.9 Å². The van der Waals surface area contributed by atoms with Crippen molar-refractivity contribution in [1.29, 1.82) is 0 Å². The number of nitrogens with one attached hydrogen (secondary N) is 1. The minimum Gasteiger partial charge on any atom is -0.494 e. The molecule has 1 rings (SSSR count). The number of anilines is 2. The predicted molar refractivity (Wildman–Crippen MR) is 66.9 cm³/mol. The van der Waals surface area contributed by atoms with E-state index in [1.807, 2.05) is 6.92 Å². The Labute approximate surface area is 101 Å². The molecule has 0 bridgehead atoms. The average Bonchev–Trinajstić information content (AvgIpc) is 2.31. The van der Waals surface area contributed by atoms with Crippen molar-refractivity contribution in [2.45, 2.75) is 19.4 Å². The first kappa shape index (κ1) is 13.6. The molecule has 0 saturated heterocycles. The standard InChI is InChI=1S/C12H19FN2O2/c1-4-8(7-16-2)15-11-6-12(17-3)9(13)5-10(11)14/h5-6,8,15H,4,7,14H2,1-3H3. The third-order valence-electron chi connectivity index (χ3n) is 2.54. The van der Waals surface area contributed by atoms with E-state index in [2.05, 4.69) is 5.32 Å². The second-order valence-electron chi connectivity index (χ2n) is 3.78. The maximum Gasteiger partial charge on any atom is 0.167 e. The number of benzene rings is 1. The van der Waals surface area contributed by atoms with Gasteiger partial charge in [-0.2, -0.15) is 0 Å². The molecule has 0 aliphatic carbocycles. The zero-order chi connectivity index (χ0) is 12.8. The molecule has 0 radical (unpaired) electrons. The molecule has 0 heterocycles. The van der Waals surface area contributed by atoms with Crippen molar-refractivity contribution in [3.63, 3.8) is 0 Å². The van der Waals surface area contributed by atoms with Gasteiger partial charge in [-0.15, -0.1) is 0 Å².